The predicted molar refractivity (Wildman–Crippen MR) is 128 cm³/mol. The molecule has 0 N–H and O–H groups in total. The summed E-state index contributed by atoms with van der Waals surface area (Å²) in [6, 6.07) is 0. The van der Waals surface area contributed by atoms with Gasteiger partial charge in [-0.15, -0.1) is 0 Å². The largest absolute Gasteiger partial charge is 0.331 e. The Morgan fingerprint density at radius 1 is 0.533 bits per heavy atom. The number of aryl methyl sites for hydroxylation is 8. The van der Waals surface area contributed by atoms with Gasteiger partial charge in [-0.2, -0.15) is 0 Å². The molecule has 0 fully saturated rings. The Labute approximate surface area is 181 Å². The summed E-state index contributed by atoms with van der Waals surface area (Å²) in [4.78, 5) is 9.28. The second-order valence-corrected chi connectivity index (χ2v) is 8.82. The fraction of sp³-hybridized carbons (Fsp3) is 0.462. The highest BCUT2D eigenvalue weighted by atomic mass is 15.1. The molecule has 0 radical (unpaired) electrons. The average Bonchev–Trinajstić information content (AvgIpc) is 3.18. The van der Waals surface area contributed by atoms with Gasteiger partial charge < -0.3 is 8.97 Å². The molecule has 0 aliphatic rings. The number of rotatable bonds is 0. The van der Waals surface area contributed by atoms with Crippen LogP contribution in [0, 0.1) is 76.2 Å². The highest BCUT2D eigenvalue weighted by Gasteiger charge is 2.15. The second kappa shape index (κ2) is 7.57. The van der Waals surface area contributed by atoms with Crippen molar-refractivity contribution in [2.45, 2.75) is 76.2 Å². The van der Waals surface area contributed by atoms with Gasteiger partial charge in [0.15, 0.2) is 0 Å². The number of imidazole rings is 2. The van der Waals surface area contributed by atoms with Gasteiger partial charge in [-0.1, -0.05) is 0 Å². The summed E-state index contributed by atoms with van der Waals surface area (Å²) >= 11 is 0. The maximum absolute atomic E-state index is 4.64. The topological polar surface area (TPSA) is 35.1 Å². The van der Waals surface area contributed by atoms with E-state index in [0.29, 0.717) is 0 Å². The molecular formula is C26H36N4. The standard InChI is InChI=1S/2C13H18N2/c1-7-8(2)11(5)15-12(6)10(4)14-13(15)9(7)3;1-7-8(2)10(4)13-12(9(7)3)14-11(5)15(13)6/h2*1-6H3. The molecule has 0 unspecified atom stereocenters. The van der Waals surface area contributed by atoms with Crippen molar-refractivity contribution in [2.24, 2.45) is 7.05 Å². The highest BCUT2D eigenvalue weighted by Crippen LogP contribution is 2.28. The Morgan fingerprint density at radius 3 is 1.67 bits per heavy atom. The molecule has 0 saturated heterocycles. The lowest BCUT2D eigenvalue weighted by molar-refractivity contribution is 0.882. The first kappa shape index (κ1) is 22.1. The van der Waals surface area contributed by atoms with Crippen LogP contribution < -0.4 is 0 Å². The Bertz CT molecular complexity index is 1200. The third kappa shape index (κ3) is 3.13. The number of benzene rings is 1. The van der Waals surface area contributed by atoms with E-state index in [0.717, 1.165) is 22.7 Å². The molecule has 160 valence electrons. The molecule has 0 atom stereocenters. The van der Waals surface area contributed by atoms with Crippen molar-refractivity contribution in [1.29, 1.82) is 0 Å². The summed E-state index contributed by atoms with van der Waals surface area (Å²) in [6.45, 7) is 23.7. The van der Waals surface area contributed by atoms with Crippen molar-refractivity contribution in [1.82, 2.24) is 18.9 Å². The molecule has 4 nitrogen and oxygen atoms in total. The van der Waals surface area contributed by atoms with Crippen LogP contribution in [0.25, 0.3) is 16.7 Å². The molecule has 4 heteroatoms. The third-order valence-corrected chi connectivity index (χ3v) is 7.40. The molecular weight excluding hydrogens is 368 g/mol. The number of fused-ring (bicyclic) bond motifs is 2. The van der Waals surface area contributed by atoms with Crippen LogP contribution in [0.1, 0.15) is 61.9 Å². The minimum absolute atomic E-state index is 1.08. The van der Waals surface area contributed by atoms with Gasteiger partial charge >= 0.3 is 0 Å². The summed E-state index contributed by atoms with van der Waals surface area (Å²) in [7, 11) is 2.09. The fourth-order valence-corrected chi connectivity index (χ4v) is 4.38. The molecule has 4 aromatic rings. The monoisotopic (exact) mass is 404 g/mol. The van der Waals surface area contributed by atoms with Crippen molar-refractivity contribution in [3.8, 4) is 0 Å². The normalized spacial score (nSPS) is 11.3. The quantitative estimate of drug-likeness (QED) is 0.345. The number of nitrogens with zero attached hydrogens (tertiary/aromatic N) is 4. The van der Waals surface area contributed by atoms with Gasteiger partial charge in [0.1, 0.15) is 11.5 Å². The molecule has 1 aromatic carbocycles. The Morgan fingerprint density at radius 2 is 1.07 bits per heavy atom. The zero-order chi connectivity index (χ0) is 22.7. The molecule has 0 bridgehead atoms. The summed E-state index contributed by atoms with van der Waals surface area (Å²) in [5, 5.41) is 0. The Balaban J connectivity index is 0.000000171. The summed E-state index contributed by atoms with van der Waals surface area (Å²) < 4.78 is 4.46. The van der Waals surface area contributed by atoms with Crippen LogP contribution in [0.5, 0.6) is 0 Å². The van der Waals surface area contributed by atoms with Crippen LogP contribution in [0.4, 0.5) is 0 Å². The van der Waals surface area contributed by atoms with Crippen LogP contribution in [0.2, 0.25) is 0 Å². The lowest BCUT2D eigenvalue weighted by atomic mass is 9.97. The van der Waals surface area contributed by atoms with Gasteiger partial charge in [0.05, 0.1) is 16.7 Å². The van der Waals surface area contributed by atoms with Gasteiger partial charge in [0.25, 0.3) is 0 Å². The van der Waals surface area contributed by atoms with Crippen molar-refractivity contribution < 1.29 is 0 Å². The first-order valence-electron chi connectivity index (χ1n) is 10.7. The van der Waals surface area contributed by atoms with E-state index in [1.807, 2.05) is 0 Å². The fourth-order valence-electron chi connectivity index (χ4n) is 4.38. The van der Waals surface area contributed by atoms with Crippen LogP contribution >= 0.6 is 0 Å². The molecule has 30 heavy (non-hydrogen) atoms. The molecule has 0 aliphatic carbocycles. The van der Waals surface area contributed by atoms with E-state index in [4.69, 9.17) is 0 Å². The van der Waals surface area contributed by atoms with Crippen molar-refractivity contribution in [2.75, 3.05) is 0 Å². The minimum Gasteiger partial charge on any atom is -0.331 e. The van der Waals surface area contributed by atoms with Crippen LogP contribution in [0.3, 0.4) is 0 Å². The van der Waals surface area contributed by atoms with Crippen LogP contribution in [-0.4, -0.2) is 18.9 Å². The van der Waals surface area contributed by atoms with E-state index < -0.39 is 0 Å². The zero-order valence-corrected chi connectivity index (χ0v) is 20.8. The van der Waals surface area contributed by atoms with Gasteiger partial charge in [-0.3, -0.25) is 0 Å². The van der Waals surface area contributed by atoms with Crippen molar-refractivity contribution >= 4 is 16.7 Å². The Kier molecular flexibility index (Phi) is 5.57. The first-order valence-corrected chi connectivity index (χ1v) is 10.7. The number of hydrogen-bond acceptors (Lipinski definition) is 2. The molecule has 0 aliphatic heterocycles. The van der Waals surface area contributed by atoms with E-state index in [2.05, 4.69) is 102 Å². The zero-order valence-electron chi connectivity index (χ0n) is 20.8. The van der Waals surface area contributed by atoms with Crippen molar-refractivity contribution in [3.63, 3.8) is 0 Å². The summed E-state index contributed by atoms with van der Waals surface area (Å²) in [5.74, 6) is 1.08. The van der Waals surface area contributed by atoms with E-state index in [1.165, 1.54) is 55.8 Å². The van der Waals surface area contributed by atoms with Crippen molar-refractivity contribution in [3.05, 3.63) is 61.9 Å². The smallest absolute Gasteiger partial charge is 0.140 e. The summed E-state index contributed by atoms with van der Waals surface area (Å²) in [5.41, 5.74) is 16.7. The van der Waals surface area contributed by atoms with E-state index in [9.17, 15) is 0 Å². The van der Waals surface area contributed by atoms with Gasteiger partial charge in [0.2, 0.25) is 0 Å². The number of pyridine rings is 1. The average molecular weight is 405 g/mol. The lowest BCUT2D eigenvalue weighted by Gasteiger charge is -2.12. The van der Waals surface area contributed by atoms with Gasteiger partial charge in [-0.25, -0.2) is 9.97 Å². The van der Waals surface area contributed by atoms with Crippen LogP contribution in [0.15, 0.2) is 0 Å². The van der Waals surface area contributed by atoms with E-state index in [-0.39, 0.29) is 0 Å². The lowest BCUT2D eigenvalue weighted by Crippen LogP contribution is -2.02. The SMILES string of the molecule is Cc1c(C)c(C)c2c(nc(C)n2C)c1C.Cc1nc2c(C)c(C)c(C)c(C)n2c1C. The van der Waals surface area contributed by atoms with E-state index in [1.54, 1.807) is 0 Å². The maximum atomic E-state index is 4.64. The summed E-state index contributed by atoms with van der Waals surface area (Å²) in [6.07, 6.45) is 0. The molecule has 3 aromatic heterocycles. The highest BCUT2D eigenvalue weighted by molar-refractivity contribution is 5.85. The first-order chi connectivity index (χ1) is 13.9. The van der Waals surface area contributed by atoms with Crippen LogP contribution in [-0.2, 0) is 7.05 Å². The van der Waals surface area contributed by atoms with Gasteiger partial charge in [0, 0.05) is 18.4 Å². The Hall–Kier alpha value is -2.62. The third-order valence-electron chi connectivity index (χ3n) is 7.40. The number of aromatic nitrogens is 4. The molecule has 0 spiro atoms. The predicted octanol–water partition coefficient (Wildman–Crippen LogP) is 6.30. The number of hydrogen-bond donors (Lipinski definition) is 0. The maximum Gasteiger partial charge on any atom is 0.140 e. The molecule has 3 heterocycles. The molecule has 0 amide bonds. The second-order valence-electron chi connectivity index (χ2n) is 8.82. The minimum atomic E-state index is 1.08. The molecule has 0 saturated carbocycles. The van der Waals surface area contributed by atoms with E-state index >= 15 is 0 Å². The molecule has 4 rings (SSSR count). The van der Waals surface area contributed by atoms with Gasteiger partial charge in [-0.05, 0) is 115 Å².